The maximum absolute atomic E-state index is 11.8. The van der Waals surface area contributed by atoms with Crippen LogP contribution >= 0.6 is 0 Å². The summed E-state index contributed by atoms with van der Waals surface area (Å²) in [7, 11) is -3.39. The molecule has 1 fully saturated rings. The third kappa shape index (κ3) is 8.23. The standard InChI is InChI=1S/C13H25NO6S/c1-3-4-8-19-13(15)14-7-10-18-12(11-14)6-5-9-20-21(2,16)17/h12H,3-11H2,1-2H3. The van der Waals surface area contributed by atoms with Gasteiger partial charge in [0.1, 0.15) is 0 Å². The average molecular weight is 323 g/mol. The molecule has 0 saturated carbocycles. The molecular weight excluding hydrogens is 298 g/mol. The van der Waals surface area contributed by atoms with Gasteiger partial charge in [-0.15, -0.1) is 0 Å². The van der Waals surface area contributed by atoms with Gasteiger partial charge in [0.15, 0.2) is 0 Å². The maximum atomic E-state index is 11.8. The Balaban J connectivity index is 2.23. The van der Waals surface area contributed by atoms with Crippen LogP contribution in [0.25, 0.3) is 0 Å². The first kappa shape index (κ1) is 18.2. The van der Waals surface area contributed by atoms with E-state index in [1.165, 1.54) is 0 Å². The zero-order valence-corrected chi connectivity index (χ0v) is 13.6. The lowest BCUT2D eigenvalue weighted by Crippen LogP contribution is -2.46. The Labute approximate surface area is 126 Å². The molecule has 1 atom stereocenters. The normalized spacial score (nSPS) is 19.5. The van der Waals surface area contributed by atoms with Crippen molar-refractivity contribution in [3.05, 3.63) is 0 Å². The first-order chi connectivity index (χ1) is 9.92. The van der Waals surface area contributed by atoms with Gasteiger partial charge in [-0.05, 0) is 19.3 Å². The molecule has 1 saturated heterocycles. The fraction of sp³-hybridized carbons (Fsp3) is 0.923. The van der Waals surface area contributed by atoms with Crippen LogP contribution < -0.4 is 0 Å². The van der Waals surface area contributed by atoms with Crippen molar-refractivity contribution < 1.29 is 26.9 Å². The quantitative estimate of drug-likeness (QED) is 0.496. The predicted molar refractivity (Wildman–Crippen MR) is 77.6 cm³/mol. The van der Waals surface area contributed by atoms with Gasteiger partial charge in [-0.3, -0.25) is 4.18 Å². The molecule has 21 heavy (non-hydrogen) atoms. The van der Waals surface area contributed by atoms with E-state index in [0.717, 1.165) is 19.1 Å². The van der Waals surface area contributed by atoms with E-state index in [0.29, 0.717) is 39.1 Å². The summed E-state index contributed by atoms with van der Waals surface area (Å²) in [5, 5.41) is 0. The molecule has 0 radical (unpaired) electrons. The minimum Gasteiger partial charge on any atom is -0.449 e. The zero-order valence-electron chi connectivity index (χ0n) is 12.7. The van der Waals surface area contributed by atoms with E-state index in [-0.39, 0.29) is 18.8 Å². The Morgan fingerprint density at radius 3 is 2.76 bits per heavy atom. The highest BCUT2D eigenvalue weighted by molar-refractivity contribution is 7.85. The molecule has 1 heterocycles. The molecule has 124 valence electrons. The predicted octanol–water partition coefficient (Wildman–Crippen LogP) is 1.38. The maximum Gasteiger partial charge on any atom is 0.409 e. The van der Waals surface area contributed by atoms with Crippen LogP contribution in [0.15, 0.2) is 0 Å². The van der Waals surface area contributed by atoms with Gasteiger partial charge < -0.3 is 14.4 Å². The van der Waals surface area contributed by atoms with Crippen molar-refractivity contribution in [2.45, 2.75) is 38.7 Å². The van der Waals surface area contributed by atoms with Gasteiger partial charge in [0.05, 0.1) is 38.7 Å². The van der Waals surface area contributed by atoms with Gasteiger partial charge in [-0.25, -0.2) is 4.79 Å². The van der Waals surface area contributed by atoms with Crippen LogP contribution in [-0.2, 0) is 23.8 Å². The van der Waals surface area contributed by atoms with E-state index in [4.69, 9.17) is 9.47 Å². The van der Waals surface area contributed by atoms with Crippen molar-refractivity contribution in [1.82, 2.24) is 4.90 Å². The second-order valence-electron chi connectivity index (χ2n) is 5.08. The lowest BCUT2D eigenvalue weighted by molar-refractivity contribution is -0.0322. The fourth-order valence-electron chi connectivity index (χ4n) is 1.98. The summed E-state index contributed by atoms with van der Waals surface area (Å²) < 4.78 is 37.1. The fourth-order valence-corrected chi connectivity index (χ4v) is 2.40. The van der Waals surface area contributed by atoms with Gasteiger partial charge in [-0.1, -0.05) is 13.3 Å². The monoisotopic (exact) mass is 323 g/mol. The highest BCUT2D eigenvalue weighted by atomic mass is 32.2. The second-order valence-corrected chi connectivity index (χ2v) is 6.72. The molecule has 1 rings (SSSR count). The molecule has 0 aromatic rings. The molecule has 7 nitrogen and oxygen atoms in total. The molecule has 8 heteroatoms. The first-order valence-corrected chi connectivity index (χ1v) is 9.11. The number of ether oxygens (including phenoxy) is 2. The van der Waals surface area contributed by atoms with E-state index in [9.17, 15) is 13.2 Å². The summed E-state index contributed by atoms with van der Waals surface area (Å²) in [5.74, 6) is 0. The molecule has 0 aliphatic carbocycles. The van der Waals surface area contributed by atoms with Crippen molar-refractivity contribution in [2.24, 2.45) is 0 Å². The van der Waals surface area contributed by atoms with Gasteiger partial charge in [0.25, 0.3) is 10.1 Å². The van der Waals surface area contributed by atoms with E-state index in [1.807, 2.05) is 6.92 Å². The van der Waals surface area contributed by atoms with E-state index in [2.05, 4.69) is 4.18 Å². The van der Waals surface area contributed by atoms with Crippen LogP contribution in [-0.4, -0.2) is 64.7 Å². The van der Waals surface area contributed by atoms with Gasteiger partial charge >= 0.3 is 6.09 Å². The van der Waals surface area contributed by atoms with Gasteiger partial charge in [-0.2, -0.15) is 8.42 Å². The lowest BCUT2D eigenvalue weighted by atomic mass is 10.1. The average Bonchev–Trinajstić information content (AvgIpc) is 2.43. The number of unbranched alkanes of at least 4 members (excludes halogenated alkanes) is 1. The van der Waals surface area contributed by atoms with Crippen molar-refractivity contribution in [3.63, 3.8) is 0 Å². The Hall–Kier alpha value is -0.860. The molecular formula is C13H25NO6S. The Bertz CT molecular complexity index is 411. The molecule has 0 spiro atoms. The van der Waals surface area contributed by atoms with Crippen LogP contribution in [0.2, 0.25) is 0 Å². The van der Waals surface area contributed by atoms with Crippen LogP contribution in [0.3, 0.4) is 0 Å². The molecule has 1 aliphatic heterocycles. The van der Waals surface area contributed by atoms with Crippen molar-refractivity contribution >= 4 is 16.2 Å². The van der Waals surface area contributed by atoms with Crippen LogP contribution in [0.1, 0.15) is 32.6 Å². The number of nitrogens with zero attached hydrogens (tertiary/aromatic N) is 1. The Kier molecular flexibility index (Phi) is 7.98. The summed E-state index contributed by atoms with van der Waals surface area (Å²) in [6.45, 7) is 4.10. The van der Waals surface area contributed by atoms with Crippen LogP contribution in [0.5, 0.6) is 0 Å². The molecule has 0 aromatic carbocycles. The number of amides is 1. The number of hydrogen-bond donors (Lipinski definition) is 0. The summed E-state index contributed by atoms with van der Waals surface area (Å²) in [4.78, 5) is 13.5. The summed E-state index contributed by atoms with van der Waals surface area (Å²) in [5.41, 5.74) is 0. The third-order valence-electron chi connectivity index (χ3n) is 3.09. The largest absolute Gasteiger partial charge is 0.449 e. The van der Waals surface area contributed by atoms with Crippen LogP contribution in [0, 0.1) is 0 Å². The smallest absolute Gasteiger partial charge is 0.409 e. The molecule has 0 N–H and O–H groups in total. The van der Waals surface area contributed by atoms with Gasteiger partial charge in [0, 0.05) is 6.54 Å². The Morgan fingerprint density at radius 2 is 2.10 bits per heavy atom. The lowest BCUT2D eigenvalue weighted by Gasteiger charge is -2.32. The topological polar surface area (TPSA) is 82.1 Å². The first-order valence-electron chi connectivity index (χ1n) is 7.30. The van der Waals surface area contributed by atoms with Crippen LogP contribution in [0.4, 0.5) is 4.79 Å². The molecule has 1 aliphatic rings. The number of rotatable bonds is 8. The number of morpholine rings is 1. The van der Waals surface area contributed by atoms with E-state index in [1.54, 1.807) is 4.90 Å². The molecule has 0 bridgehead atoms. The van der Waals surface area contributed by atoms with Crippen molar-refractivity contribution in [2.75, 3.05) is 39.2 Å². The highest BCUT2D eigenvalue weighted by Gasteiger charge is 2.24. The summed E-state index contributed by atoms with van der Waals surface area (Å²) in [6, 6.07) is 0. The minimum absolute atomic E-state index is 0.0966. The minimum atomic E-state index is -3.39. The number of carbonyl (C=O) groups is 1. The Morgan fingerprint density at radius 1 is 1.33 bits per heavy atom. The number of hydrogen-bond acceptors (Lipinski definition) is 6. The summed E-state index contributed by atoms with van der Waals surface area (Å²) in [6.07, 6.45) is 3.69. The molecule has 1 unspecified atom stereocenters. The third-order valence-corrected chi connectivity index (χ3v) is 3.68. The summed E-state index contributed by atoms with van der Waals surface area (Å²) >= 11 is 0. The number of carbonyl (C=O) groups excluding carboxylic acids is 1. The highest BCUT2D eigenvalue weighted by Crippen LogP contribution is 2.12. The SMILES string of the molecule is CCCCOC(=O)N1CCOC(CCCOS(C)(=O)=O)C1. The second kappa shape index (κ2) is 9.22. The van der Waals surface area contributed by atoms with E-state index < -0.39 is 10.1 Å². The van der Waals surface area contributed by atoms with E-state index >= 15 is 0 Å². The van der Waals surface area contributed by atoms with Crippen molar-refractivity contribution in [1.29, 1.82) is 0 Å². The van der Waals surface area contributed by atoms with Crippen molar-refractivity contribution in [3.8, 4) is 0 Å². The molecule has 1 amide bonds. The van der Waals surface area contributed by atoms with Gasteiger partial charge in [0.2, 0.25) is 0 Å². The zero-order chi connectivity index (χ0) is 15.7. The molecule has 0 aromatic heterocycles.